The lowest BCUT2D eigenvalue weighted by Crippen LogP contribution is -1.97. The highest BCUT2D eigenvalue weighted by atomic mass is 35.5. The third-order valence-corrected chi connectivity index (χ3v) is 3.36. The molecule has 0 amide bonds. The van der Waals surface area contributed by atoms with Gasteiger partial charge in [-0.25, -0.2) is 4.79 Å². The van der Waals surface area contributed by atoms with Crippen molar-refractivity contribution in [2.45, 2.75) is 6.61 Å². The molecule has 0 aliphatic rings. The van der Waals surface area contributed by atoms with Crippen molar-refractivity contribution >= 4 is 28.5 Å². The van der Waals surface area contributed by atoms with E-state index in [-0.39, 0.29) is 12.2 Å². The maximum Gasteiger partial charge on any atom is 0.335 e. The summed E-state index contributed by atoms with van der Waals surface area (Å²) in [5, 5.41) is 10.4. The maximum absolute atomic E-state index is 11.0. The van der Waals surface area contributed by atoms with Crippen LogP contribution in [0.15, 0.2) is 53.1 Å². The number of aromatic carboxylic acids is 1. The predicted octanol–water partition coefficient (Wildman–Crippen LogP) is 4.36. The first-order valence-corrected chi connectivity index (χ1v) is 6.63. The van der Waals surface area contributed by atoms with Crippen LogP contribution in [0.2, 0.25) is 5.02 Å². The molecule has 0 atom stereocenters. The van der Waals surface area contributed by atoms with Gasteiger partial charge in [0.2, 0.25) is 0 Å². The van der Waals surface area contributed by atoms with Crippen molar-refractivity contribution in [3.05, 3.63) is 64.9 Å². The van der Waals surface area contributed by atoms with Gasteiger partial charge in [0.15, 0.2) is 0 Å². The second-order valence-corrected chi connectivity index (χ2v) is 4.96. The molecule has 0 saturated carbocycles. The smallest absolute Gasteiger partial charge is 0.335 e. The van der Waals surface area contributed by atoms with Crippen molar-refractivity contribution in [1.29, 1.82) is 0 Å². The summed E-state index contributed by atoms with van der Waals surface area (Å²) in [5.74, 6) is -0.286. The lowest BCUT2D eigenvalue weighted by atomic mass is 10.1. The number of furan rings is 1. The minimum atomic E-state index is -0.970. The largest absolute Gasteiger partial charge is 0.489 e. The zero-order valence-corrected chi connectivity index (χ0v) is 11.6. The first-order chi connectivity index (χ1) is 10.1. The predicted molar refractivity (Wildman–Crippen MR) is 79.0 cm³/mol. The Balaban J connectivity index is 1.84. The molecule has 1 heterocycles. The van der Waals surface area contributed by atoms with E-state index in [2.05, 4.69) is 0 Å². The molecule has 1 aromatic heterocycles. The van der Waals surface area contributed by atoms with Crippen LogP contribution in [0.1, 0.15) is 15.9 Å². The number of carboxylic acids is 1. The molecule has 2 aromatic carbocycles. The lowest BCUT2D eigenvalue weighted by molar-refractivity contribution is 0.0697. The minimum absolute atomic E-state index is 0.219. The van der Waals surface area contributed by atoms with Crippen LogP contribution < -0.4 is 4.74 Å². The Bertz CT molecular complexity index is 790. The van der Waals surface area contributed by atoms with Gasteiger partial charge in [-0.2, -0.15) is 0 Å². The van der Waals surface area contributed by atoms with E-state index in [9.17, 15) is 4.79 Å². The van der Waals surface area contributed by atoms with Crippen LogP contribution in [0.3, 0.4) is 0 Å². The van der Waals surface area contributed by atoms with E-state index < -0.39 is 5.97 Å². The average molecular weight is 303 g/mol. The summed E-state index contributed by atoms with van der Waals surface area (Å²) in [7, 11) is 0. The Kier molecular flexibility index (Phi) is 3.54. The SMILES string of the molecule is O=C(O)c1ccc2occ(COc3ccc(Cl)cc3)c2c1. The molecule has 0 spiro atoms. The highest BCUT2D eigenvalue weighted by Gasteiger charge is 2.10. The molecule has 4 nitrogen and oxygen atoms in total. The number of hydrogen-bond acceptors (Lipinski definition) is 3. The molecule has 21 heavy (non-hydrogen) atoms. The number of rotatable bonds is 4. The van der Waals surface area contributed by atoms with Crippen molar-refractivity contribution in [3.63, 3.8) is 0 Å². The first kappa shape index (κ1) is 13.5. The summed E-state index contributed by atoms with van der Waals surface area (Å²) in [6.07, 6.45) is 1.58. The fourth-order valence-electron chi connectivity index (χ4n) is 2.02. The molecule has 0 bridgehead atoms. The van der Waals surface area contributed by atoms with Gasteiger partial charge in [0.1, 0.15) is 17.9 Å². The van der Waals surface area contributed by atoms with Crippen molar-refractivity contribution < 1.29 is 19.1 Å². The van der Waals surface area contributed by atoms with E-state index in [1.165, 1.54) is 6.07 Å². The van der Waals surface area contributed by atoms with E-state index in [0.29, 0.717) is 16.4 Å². The van der Waals surface area contributed by atoms with Gasteiger partial charge in [0, 0.05) is 16.0 Å². The molecule has 106 valence electrons. The number of halogens is 1. The molecule has 0 radical (unpaired) electrons. The van der Waals surface area contributed by atoms with Gasteiger partial charge in [0.25, 0.3) is 0 Å². The van der Waals surface area contributed by atoms with Gasteiger partial charge in [-0.05, 0) is 42.5 Å². The fraction of sp³-hybridized carbons (Fsp3) is 0.0625. The van der Waals surface area contributed by atoms with E-state index in [1.54, 1.807) is 42.7 Å². The molecular weight excluding hydrogens is 292 g/mol. The van der Waals surface area contributed by atoms with Crippen LogP contribution in [-0.4, -0.2) is 11.1 Å². The number of benzene rings is 2. The number of carboxylic acid groups (broad SMARTS) is 1. The molecule has 3 rings (SSSR count). The highest BCUT2D eigenvalue weighted by molar-refractivity contribution is 6.30. The quantitative estimate of drug-likeness (QED) is 0.777. The Morgan fingerprint density at radius 2 is 1.95 bits per heavy atom. The summed E-state index contributed by atoms with van der Waals surface area (Å²) in [5.41, 5.74) is 1.65. The normalized spacial score (nSPS) is 10.7. The average Bonchev–Trinajstić information content (AvgIpc) is 2.89. The van der Waals surface area contributed by atoms with E-state index in [4.69, 9.17) is 25.9 Å². The third-order valence-electron chi connectivity index (χ3n) is 3.11. The van der Waals surface area contributed by atoms with Crippen LogP contribution in [-0.2, 0) is 6.61 Å². The monoisotopic (exact) mass is 302 g/mol. The summed E-state index contributed by atoms with van der Waals surface area (Å²) < 4.78 is 11.0. The minimum Gasteiger partial charge on any atom is -0.489 e. The summed E-state index contributed by atoms with van der Waals surface area (Å²) in [6.45, 7) is 0.289. The Morgan fingerprint density at radius 3 is 2.67 bits per heavy atom. The summed E-state index contributed by atoms with van der Waals surface area (Å²) in [6, 6.07) is 11.8. The standard InChI is InChI=1S/C16H11ClO4/c17-12-2-4-13(5-3-12)20-8-11-9-21-15-6-1-10(16(18)19)7-14(11)15/h1-7,9H,8H2,(H,18,19). The van der Waals surface area contributed by atoms with Gasteiger partial charge in [-0.15, -0.1) is 0 Å². The van der Waals surface area contributed by atoms with Gasteiger partial charge in [0.05, 0.1) is 11.8 Å². The van der Waals surface area contributed by atoms with E-state index in [0.717, 1.165) is 10.9 Å². The molecule has 0 saturated heterocycles. The summed E-state index contributed by atoms with van der Waals surface area (Å²) in [4.78, 5) is 11.0. The second-order valence-electron chi connectivity index (χ2n) is 4.52. The molecule has 0 aliphatic carbocycles. The molecule has 0 unspecified atom stereocenters. The molecule has 5 heteroatoms. The number of hydrogen-bond donors (Lipinski definition) is 1. The van der Waals surface area contributed by atoms with Crippen molar-refractivity contribution in [2.75, 3.05) is 0 Å². The van der Waals surface area contributed by atoms with E-state index >= 15 is 0 Å². The van der Waals surface area contributed by atoms with Gasteiger partial charge < -0.3 is 14.3 Å². The Morgan fingerprint density at radius 1 is 1.19 bits per heavy atom. The van der Waals surface area contributed by atoms with Crippen LogP contribution in [0, 0.1) is 0 Å². The molecule has 0 fully saturated rings. The van der Waals surface area contributed by atoms with Crippen LogP contribution in [0.4, 0.5) is 0 Å². The zero-order chi connectivity index (χ0) is 14.8. The number of fused-ring (bicyclic) bond motifs is 1. The maximum atomic E-state index is 11.0. The Hall–Kier alpha value is -2.46. The number of ether oxygens (including phenoxy) is 1. The first-order valence-electron chi connectivity index (χ1n) is 6.25. The van der Waals surface area contributed by atoms with Crippen molar-refractivity contribution in [2.24, 2.45) is 0 Å². The van der Waals surface area contributed by atoms with Crippen molar-refractivity contribution in [3.8, 4) is 5.75 Å². The Labute approximate surface area is 125 Å². The zero-order valence-electron chi connectivity index (χ0n) is 10.9. The van der Waals surface area contributed by atoms with Crippen LogP contribution >= 0.6 is 11.6 Å². The lowest BCUT2D eigenvalue weighted by Gasteiger charge is -2.05. The van der Waals surface area contributed by atoms with Gasteiger partial charge in [-0.3, -0.25) is 0 Å². The highest BCUT2D eigenvalue weighted by Crippen LogP contribution is 2.24. The summed E-state index contributed by atoms with van der Waals surface area (Å²) >= 11 is 5.81. The van der Waals surface area contributed by atoms with Gasteiger partial charge in [-0.1, -0.05) is 11.6 Å². The van der Waals surface area contributed by atoms with E-state index in [1.807, 2.05) is 0 Å². The van der Waals surface area contributed by atoms with Crippen molar-refractivity contribution in [1.82, 2.24) is 0 Å². The number of carbonyl (C=O) groups is 1. The molecule has 3 aromatic rings. The van der Waals surface area contributed by atoms with Crippen LogP contribution in [0.25, 0.3) is 11.0 Å². The second kappa shape index (κ2) is 5.50. The van der Waals surface area contributed by atoms with Crippen LogP contribution in [0.5, 0.6) is 5.75 Å². The fourth-order valence-corrected chi connectivity index (χ4v) is 2.14. The molecular formula is C16H11ClO4. The molecule has 0 aliphatic heterocycles. The third kappa shape index (κ3) is 2.85. The van der Waals surface area contributed by atoms with Gasteiger partial charge >= 0.3 is 5.97 Å². The topological polar surface area (TPSA) is 59.7 Å². The molecule has 1 N–H and O–H groups in total.